The van der Waals surface area contributed by atoms with Gasteiger partial charge >= 0.3 is 0 Å². The van der Waals surface area contributed by atoms with E-state index in [1.165, 1.54) is 11.1 Å². The highest BCUT2D eigenvalue weighted by Crippen LogP contribution is 2.15. The van der Waals surface area contributed by atoms with Crippen LogP contribution in [0.4, 0.5) is 0 Å². The number of carbonyl (C=O) groups excluding carboxylic acids is 1. The van der Waals surface area contributed by atoms with E-state index in [9.17, 15) is 4.79 Å². The Hall–Kier alpha value is -2.86. The number of amides is 1. The van der Waals surface area contributed by atoms with Crippen LogP contribution >= 0.6 is 0 Å². The molecule has 2 aromatic rings. The molecule has 6 heteroatoms. The van der Waals surface area contributed by atoms with Crippen LogP contribution in [0.5, 0.6) is 0 Å². The molecule has 166 valence electrons. The zero-order valence-corrected chi connectivity index (χ0v) is 19.0. The van der Waals surface area contributed by atoms with Crippen LogP contribution in [0.3, 0.4) is 0 Å². The molecule has 0 saturated carbocycles. The monoisotopic (exact) mass is 422 g/mol. The molecule has 1 amide bonds. The van der Waals surface area contributed by atoms with Crippen molar-refractivity contribution >= 4 is 11.9 Å². The van der Waals surface area contributed by atoms with Gasteiger partial charge in [0.05, 0.1) is 18.8 Å². The van der Waals surface area contributed by atoms with Crippen LogP contribution < -0.4 is 10.6 Å². The Morgan fingerprint density at radius 2 is 1.61 bits per heavy atom. The van der Waals surface area contributed by atoms with E-state index < -0.39 is 0 Å². The van der Waals surface area contributed by atoms with Crippen molar-refractivity contribution in [2.24, 2.45) is 4.99 Å². The molecule has 1 aliphatic rings. The third-order valence-corrected chi connectivity index (χ3v) is 5.25. The van der Waals surface area contributed by atoms with Crippen molar-refractivity contribution in [1.29, 1.82) is 0 Å². The van der Waals surface area contributed by atoms with Gasteiger partial charge in [0.2, 0.25) is 0 Å². The molecule has 0 radical (unpaired) electrons. The number of nitrogens with zero attached hydrogens (tertiary/aromatic N) is 2. The van der Waals surface area contributed by atoms with Crippen molar-refractivity contribution < 1.29 is 9.53 Å². The van der Waals surface area contributed by atoms with Gasteiger partial charge in [-0.25, -0.2) is 4.99 Å². The SMILES string of the molecule is CCNC(=NCc1ccc(C(=O)N2CC(C)OC(C)C2)cc1)NCc1ccc(C)cc1. The molecule has 0 aliphatic carbocycles. The molecule has 2 unspecified atom stereocenters. The first-order valence-electron chi connectivity index (χ1n) is 11.1. The van der Waals surface area contributed by atoms with E-state index in [1.54, 1.807) is 0 Å². The van der Waals surface area contributed by atoms with Crippen molar-refractivity contribution in [1.82, 2.24) is 15.5 Å². The summed E-state index contributed by atoms with van der Waals surface area (Å²) in [5.74, 6) is 0.838. The summed E-state index contributed by atoms with van der Waals surface area (Å²) < 4.78 is 5.73. The standard InChI is InChI=1S/C25H34N4O2/c1-5-26-25(27-14-21-8-6-18(2)7-9-21)28-15-22-10-12-23(13-11-22)24(30)29-16-19(3)31-20(4)17-29/h6-13,19-20H,5,14-17H2,1-4H3,(H2,26,27,28). The molecule has 0 spiro atoms. The molecule has 2 aromatic carbocycles. The number of hydrogen-bond acceptors (Lipinski definition) is 3. The molecule has 1 aliphatic heterocycles. The Labute approximate surface area is 185 Å². The third-order valence-electron chi connectivity index (χ3n) is 5.25. The lowest BCUT2D eigenvalue weighted by Gasteiger charge is -2.35. The smallest absolute Gasteiger partial charge is 0.254 e. The Balaban J connectivity index is 1.58. The number of rotatable bonds is 6. The van der Waals surface area contributed by atoms with Gasteiger partial charge in [-0.15, -0.1) is 0 Å². The molecule has 0 bridgehead atoms. The number of hydrogen-bond donors (Lipinski definition) is 2. The number of aliphatic imine (C=N–C) groups is 1. The van der Waals surface area contributed by atoms with E-state index >= 15 is 0 Å². The maximum absolute atomic E-state index is 12.8. The quantitative estimate of drug-likeness (QED) is 0.552. The number of morpholine rings is 1. The van der Waals surface area contributed by atoms with Crippen LogP contribution in [0.2, 0.25) is 0 Å². The first-order valence-corrected chi connectivity index (χ1v) is 11.1. The lowest BCUT2D eigenvalue weighted by molar-refractivity contribution is -0.0586. The van der Waals surface area contributed by atoms with Crippen molar-refractivity contribution in [3.8, 4) is 0 Å². The summed E-state index contributed by atoms with van der Waals surface area (Å²) in [4.78, 5) is 19.4. The van der Waals surface area contributed by atoms with Gasteiger partial charge in [-0.05, 0) is 51.0 Å². The second kappa shape index (κ2) is 11.0. The summed E-state index contributed by atoms with van der Waals surface area (Å²) >= 11 is 0. The van der Waals surface area contributed by atoms with Gasteiger partial charge in [-0.2, -0.15) is 0 Å². The summed E-state index contributed by atoms with van der Waals surface area (Å²) in [6.07, 6.45) is 0.136. The van der Waals surface area contributed by atoms with E-state index in [1.807, 2.05) is 43.0 Å². The summed E-state index contributed by atoms with van der Waals surface area (Å²) in [5.41, 5.74) is 4.24. The highest BCUT2D eigenvalue weighted by atomic mass is 16.5. The van der Waals surface area contributed by atoms with E-state index in [-0.39, 0.29) is 18.1 Å². The molecule has 1 saturated heterocycles. The molecule has 2 N–H and O–H groups in total. The van der Waals surface area contributed by atoms with Gasteiger partial charge in [-0.1, -0.05) is 42.0 Å². The Kier molecular flexibility index (Phi) is 8.06. The van der Waals surface area contributed by atoms with Crippen molar-refractivity contribution in [3.05, 3.63) is 70.8 Å². The fourth-order valence-corrected chi connectivity index (χ4v) is 3.68. The van der Waals surface area contributed by atoms with Crippen LogP contribution in [0.25, 0.3) is 0 Å². The maximum Gasteiger partial charge on any atom is 0.254 e. The highest BCUT2D eigenvalue weighted by Gasteiger charge is 2.26. The molecule has 6 nitrogen and oxygen atoms in total. The number of aryl methyl sites for hydroxylation is 1. The van der Waals surface area contributed by atoms with Crippen LogP contribution in [-0.2, 0) is 17.8 Å². The largest absolute Gasteiger partial charge is 0.372 e. The predicted octanol–water partition coefficient (Wildman–Crippen LogP) is 3.50. The van der Waals surface area contributed by atoms with Gasteiger partial charge in [-0.3, -0.25) is 4.79 Å². The van der Waals surface area contributed by atoms with Crippen LogP contribution in [-0.4, -0.2) is 48.6 Å². The van der Waals surface area contributed by atoms with Crippen molar-refractivity contribution in [3.63, 3.8) is 0 Å². The zero-order chi connectivity index (χ0) is 22.2. The van der Waals surface area contributed by atoms with Crippen LogP contribution in [0.1, 0.15) is 47.8 Å². The molecule has 31 heavy (non-hydrogen) atoms. The van der Waals surface area contributed by atoms with Crippen LogP contribution in [0.15, 0.2) is 53.5 Å². The van der Waals surface area contributed by atoms with Gasteiger partial charge < -0.3 is 20.3 Å². The third kappa shape index (κ3) is 6.82. The Morgan fingerprint density at radius 3 is 2.23 bits per heavy atom. The fraction of sp³-hybridized carbons (Fsp3) is 0.440. The Bertz CT molecular complexity index is 867. The number of ether oxygens (including phenoxy) is 1. The normalized spacial score (nSPS) is 19.2. The van der Waals surface area contributed by atoms with Gasteiger partial charge in [0.1, 0.15) is 0 Å². The Morgan fingerprint density at radius 1 is 1.00 bits per heavy atom. The number of nitrogens with one attached hydrogen (secondary N) is 2. The molecule has 2 atom stereocenters. The number of benzene rings is 2. The molecule has 1 heterocycles. The van der Waals surface area contributed by atoms with E-state index in [0.717, 1.165) is 24.6 Å². The lowest BCUT2D eigenvalue weighted by Crippen LogP contribution is -2.48. The second-order valence-electron chi connectivity index (χ2n) is 8.20. The topological polar surface area (TPSA) is 66.0 Å². The highest BCUT2D eigenvalue weighted by molar-refractivity contribution is 5.94. The summed E-state index contributed by atoms with van der Waals surface area (Å²) in [7, 11) is 0. The van der Waals surface area contributed by atoms with E-state index in [0.29, 0.717) is 25.2 Å². The minimum Gasteiger partial charge on any atom is -0.372 e. The lowest BCUT2D eigenvalue weighted by atomic mass is 10.1. The summed E-state index contributed by atoms with van der Waals surface area (Å²) in [6.45, 7) is 11.5. The minimum atomic E-state index is 0.0603. The van der Waals surface area contributed by atoms with Gasteiger partial charge in [0.25, 0.3) is 5.91 Å². The average molecular weight is 423 g/mol. The fourth-order valence-electron chi connectivity index (χ4n) is 3.68. The van der Waals surface area contributed by atoms with Crippen molar-refractivity contribution in [2.45, 2.75) is 53.0 Å². The number of carbonyl (C=O) groups is 1. The maximum atomic E-state index is 12.8. The predicted molar refractivity (Wildman–Crippen MR) is 125 cm³/mol. The zero-order valence-electron chi connectivity index (χ0n) is 19.0. The minimum absolute atomic E-state index is 0.0603. The first kappa shape index (κ1) is 22.8. The van der Waals surface area contributed by atoms with Crippen LogP contribution in [0, 0.1) is 6.92 Å². The first-order chi connectivity index (χ1) is 14.9. The van der Waals surface area contributed by atoms with Crippen molar-refractivity contribution in [2.75, 3.05) is 19.6 Å². The summed E-state index contributed by atoms with van der Waals surface area (Å²) in [6, 6.07) is 16.2. The summed E-state index contributed by atoms with van der Waals surface area (Å²) in [5, 5.41) is 6.66. The molecule has 0 aromatic heterocycles. The second-order valence-corrected chi connectivity index (χ2v) is 8.20. The molecule has 1 fully saturated rings. The van der Waals surface area contributed by atoms with Gasteiger partial charge in [0, 0.05) is 31.7 Å². The molecule has 3 rings (SSSR count). The van der Waals surface area contributed by atoms with Gasteiger partial charge in [0.15, 0.2) is 5.96 Å². The van der Waals surface area contributed by atoms with E-state index in [2.05, 4.69) is 53.7 Å². The molecular formula is C25H34N4O2. The number of guanidine groups is 1. The average Bonchev–Trinajstić information content (AvgIpc) is 2.76. The van der Waals surface area contributed by atoms with E-state index in [4.69, 9.17) is 4.74 Å². The molecular weight excluding hydrogens is 388 g/mol.